The van der Waals surface area contributed by atoms with E-state index < -0.39 is 29.7 Å². The second kappa shape index (κ2) is 12.8. The van der Waals surface area contributed by atoms with Crippen LogP contribution in [0.15, 0.2) is 79.1 Å². The lowest BCUT2D eigenvalue weighted by Gasteiger charge is -2.36. The number of benzene rings is 3. The Morgan fingerprint density at radius 3 is 2.12 bits per heavy atom. The number of nitrogens with zero attached hydrogens (tertiary/aromatic N) is 3. The van der Waals surface area contributed by atoms with Crippen LogP contribution in [0, 0.1) is 0 Å². The molecule has 1 saturated carbocycles. The molecule has 0 spiro atoms. The molecule has 4 amide bonds. The number of aliphatic hydroxyl groups is 1. The second-order valence-electron chi connectivity index (χ2n) is 13.0. The van der Waals surface area contributed by atoms with Gasteiger partial charge in [-0.2, -0.15) is 0 Å². The molecule has 1 unspecified atom stereocenters. The number of hydrogen-bond acceptors (Lipinski definition) is 10. The van der Waals surface area contributed by atoms with Crippen LogP contribution in [0.4, 0.5) is 5.69 Å². The first-order valence-electron chi connectivity index (χ1n) is 16.2. The van der Waals surface area contributed by atoms with Crippen LogP contribution in [0.5, 0.6) is 17.2 Å². The SMILES string of the molecule is CC(C)(c1ccc(Oc2cnc(CO)nc2)cc1)c1ccc(OC2CC(Nc3ccc4c(c3)C(=O)N(C3CCC(=O)NC3=O)C4=O)C2)cc1. The number of piperidine rings is 1. The van der Waals surface area contributed by atoms with E-state index in [1.165, 1.54) is 12.4 Å². The summed E-state index contributed by atoms with van der Waals surface area (Å²) >= 11 is 0. The number of imide groups is 2. The first-order valence-corrected chi connectivity index (χ1v) is 16.2. The lowest BCUT2D eigenvalue weighted by atomic mass is 9.78. The van der Waals surface area contributed by atoms with E-state index in [2.05, 4.69) is 46.6 Å². The van der Waals surface area contributed by atoms with E-state index in [0.29, 0.717) is 23.0 Å². The zero-order valence-electron chi connectivity index (χ0n) is 27.0. The number of rotatable bonds is 10. The van der Waals surface area contributed by atoms with Gasteiger partial charge in [-0.05, 0) is 60.0 Å². The second-order valence-corrected chi connectivity index (χ2v) is 13.0. The van der Waals surface area contributed by atoms with Gasteiger partial charge in [0, 0.05) is 36.4 Å². The van der Waals surface area contributed by atoms with Gasteiger partial charge in [0.1, 0.15) is 30.3 Å². The fourth-order valence-corrected chi connectivity index (χ4v) is 6.44. The maximum Gasteiger partial charge on any atom is 0.262 e. The Labute approximate surface area is 282 Å². The van der Waals surface area contributed by atoms with E-state index in [-0.39, 0.29) is 48.1 Å². The Morgan fingerprint density at radius 2 is 1.49 bits per heavy atom. The summed E-state index contributed by atoms with van der Waals surface area (Å²) in [4.78, 5) is 59.0. The van der Waals surface area contributed by atoms with Crippen molar-refractivity contribution in [2.24, 2.45) is 0 Å². The predicted octanol–water partition coefficient (Wildman–Crippen LogP) is 4.51. The maximum atomic E-state index is 13.1. The molecule has 1 atom stereocenters. The lowest BCUT2D eigenvalue weighted by molar-refractivity contribution is -0.136. The monoisotopic (exact) mass is 661 g/mol. The Morgan fingerprint density at radius 1 is 0.857 bits per heavy atom. The maximum absolute atomic E-state index is 13.1. The minimum Gasteiger partial charge on any atom is -0.490 e. The molecule has 49 heavy (non-hydrogen) atoms. The van der Waals surface area contributed by atoms with Gasteiger partial charge in [0.05, 0.1) is 23.5 Å². The number of ether oxygens (including phenoxy) is 2. The molecule has 12 heteroatoms. The third kappa shape index (κ3) is 6.34. The van der Waals surface area contributed by atoms with Crippen molar-refractivity contribution in [3.63, 3.8) is 0 Å². The smallest absolute Gasteiger partial charge is 0.262 e. The number of amides is 4. The number of nitrogens with one attached hydrogen (secondary N) is 2. The van der Waals surface area contributed by atoms with E-state index in [1.54, 1.807) is 18.2 Å². The number of aromatic nitrogens is 2. The Balaban J connectivity index is 0.913. The molecular formula is C37H35N5O7. The molecule has 0 radical (unpaired) electrons. The summed E-state index contributed by atoms with van der Waals surface area (Å²) in [6.07, 6.45) is 4.84. The molecule has 7 rings (SSSR count). The molecule has 1 saturated heterocycles. The van der Waals surface area contributed by atoms with Crippen molar-refractivity contribution in [2.75, 3.05) is 5.32 Å². The first-order chi connectivity index (χ1) is 23.6. The molecule has 3 aromatic carbocycles. The highest BCUT2D eigenvalue weighted by atomic mass is 16.5. The fraction of sp³-hybridized carbons (Fsp3) is 0.297. The third-order valence-corrected chi connectivity index (χ3v) is 9.42. The van der Waals surface area contributed by atoms with Gasteiger partial charge in [-0.3, -0.25) is 29.4 Å². The summed E-state index contributed by atoms with van der Waals surface area (Å²) in [5.74, 6) is 0.203. The highest BCUT2D eigenvalue weighted by molar-refractivity contribution is 6.23. The molecule has 2 fully saturated rings. The van der Waals surface area contributed by atoms with Gasteiger partial charge in [-0.25, -0.2) is 9.97 Å². The quantitative estimate of drug-likeness (QED) is 0.206. The minimum atomic E-state index is -0.988. The summed E-state index contributed by atoms with van der Waals surface area (Å²) in [7, 11) is 0. The van der Waals surface area contributed by atoms with Crippen molar-refractivity contribution < 1.29 is 33.8 Å². The average molecular weight is 662 g/mol. The fourth-order valence-electron chi connectivity index (χ4n) is 6.44. The first kappa shape index (κ1) is 32.0. The molecule has 1 aromatic heterocycles. The standard InChI is InChI=1S/C37H35N5O7/c1-37(2,22-5-10-26(11-6-22)49-28-18-38-32(20-43)39-19-28)21-3-8-25(9-4-21)48-27-15-24(16-27)40-23-7-12-29-30(17-23)36(47)42(35(29)46)31-13-14-33(44)41-34(31)45/h3-12,17-19,24,27,31,40,43H,13-16,20H2,1-2H3,(H,41,44,45). The lowest BCUT2D eigenvalue weighted by Crippen LogP contribution is -2.54. The summed E-state index contributed by atoms with van der Waals surface area (Å²) in [6.45, 7) is 4.11. The van der Waals surface area contributed by atoms with Crippen LogP contribution in [-0.2, 0) is 21.6 Å². The van der Waals surface area contributed by atoms with Gasteiger partial charge in [0.25, 0.3) is 11.8 Å². The largest absolute Gasteiger partial charge is 0.490 e. The van der Waals surface area contributed by atoms with Crippen LogP contribution in [0.2, 0.25) is 0 Å². The predicted molar refractivity (Wildman–Crippen MR) is 177 cm³/mol. The highest BCUT2D eigenvalue weighted by Gasteiger charge is 2.44. The zero-order valence-corrected chi connectivity index (χ0v) is 27.0. The number of carbonyl (C=O) groups excluding carboxylic acids is 4. The number of anilines is 1. The van der Waals surface area contributed by atoms with Crippen LogP contribution in [0.3, 0.4) is 0 Å². The van der Waals surface area contributed by atoms with Crippen LogP contribution in [0.1, 0.15) is 77.2 Å². The number of aliphatic hydroxyl groups excluding tert-OH is 1. The third-order valence-electron chi connectivity index (χ3n) is 9.42. The van der Waals surface area contributed by atoms with E-state index in [4.69, 9.17) is 14.6 Å². The molecule has 250 valence electrons. The van der Waals surface area contributed by atoms with Crippen LogP contribution in [0.25, 0.3) is 0 Å². The molecule has 0 bridgehead atoms. The number of fused-ring (bicyclic) bond motifs is 1. The van der Waals surface area contributed by atoms with Gasteiger partial charge in [0.15, 0.2) is 11.6 Å². The van der Waals surface area contributed by atoms with E-state index >= 15 is 0 Å². The molecule has 3 heterocycles. The molecule has 1 aliphatic carbocycles. The van der Waals surface area contributed by atoms with Gasteiger partial charge in [0.2, 0.25) is 11.8 Å². The minimum absolute atomic E-state index is 0.0369. The van der Waals surface area contributed by atoms with Crippen molar-refractivity contribution >= 4 is 29.3 Å². The van der Waals surface area contributed by atoms with Gasteiger partial charge < -0.3 is 19.9 Å². The zero-order chi connectivity index (χ0) is 34.3. The summed E-state index contributed by atoms with van der Waals surface area (Å²) in [6, 6.07) is 20.2. The van der Waals surface area contributed by atoms with Gasteiger partial charge in [-0.15, -0.1) is 0 Å². The number of hydrogen-bond donors (Lipinski definition) is 3. The van der Waals surface area contributed by atoms with Crippen molar-refractivity contribution in [2.45, 2.75) is 69.7 Å². The van der Waals surface area contributed by atoms with E-state index in [0.717, 1.165) is 34.6 Å². The average Bonchev–Trinajstić information content (AvgIpc) is 3.33. The van der Waals surface area contributed by atoms with Crippen LogP contribution < -0.4 is 20.1 Å². The van der Waals surface area contributed by atoms with Crippen molar-refractivity contribution in [1.82, 2.24) is 20.2 Å². The van der Waals surface area contributed by atoms with Crippen LogP contribution in [-0.4, -0.2) is 61.8 Å². The van der Waals surface area contributed by atoms with E-state index in [9.17, 15) is 19.2 Å². The Hall–Kier alpha value is -5.62. The molecule has 4 aromatic rings. The normalized spacial score (nSPS) is 20.4. The van der Waals surface area contributed by atoms with Crippen molar-refractivity contribution in [3.8, 4) is 17.2 Å². The van der Waals surface area contributed by atoms with Crippen LogP contribution >= 0.6 is 0 Å². The van der Waals surface area contributed by atoms with E-state index in [1.807, 2.05) is 36.4 Å². The van der Waals surface area contributed by atoms with Crippen molar-refractivity contribution in [3.05, 3.63) is 107 Å². The topological polar surface area (TPSA) is 160 Å². The molecular weight excluding hydrogens is 626 g/mol. The summed E-state index contributed by atoms with van der Waals surface area (Å²) in [5, 5.41) is 14.8. The van der Waals surface area contributed by atoms with Gasteiger partial charge >= 0.3 is 0 Å². The summed E-state index contributed by atoms with van der Waals surface area (Å²) in [5.41, 5.74) is 3.20. The Bertz CT molecular complexity index is 1920. The highest BCUT2D eigenvalue weighted by Crippen LogP contribution is 2.36. The molecule has 2 aliphatic heterocycles. The van der Waals surface area contributed by atoms with Gasteiger partial charge in [-0.1, -0.05) is 38.1 Å². The molecule has 3 aliphatic rings. The summed E-state index contributed by atoms with van der Waals surface area (Å²) < 4.78 is 12.1. The Kier molecular flexibility index (Phi) is 8.33. The van der Waals surface area contributed by atoms with Crippen molar-refractivity contribution in [1.29, 1.82) is 0 Å². The number of carbonyl (C=O) groups is 4. The molecule has 3 N–H and O–H groups in total. The molecule has 12 nitrogen and oxygen atoms in total.